The molecular weight excluding hydrogens is 390 g/mol. The van der Waals surface area contributed by atoms with E-state index in [9.17, 15) is 4.79 Å². The summed E-state index contributed by atoms with van der Waals surface area (Å²) in [5.74, 6) is 1.43. The van der Waals surface area contributed by atoms with Gasteiger partial charge in [0, 0.05) is 51.4 Å². The molecule has 6 heteroatoms. The fourth-order valence-electron chi connectivity index (χ4n) is 5.84. The maximum Gasteiger partial charge on any atom is 0.230 e. The highest BCUT2D eigenvalue weighted by Crippen LogP contribution is 2.41. The largest absolute Gasteiger partial charge is 0.490 e. The summed E-state index contributed by atoms with van der Waals surface area (Å²) < 4.78 is 11.8. The molecule has 0 N–H and O–H groups in total. The molecule has 6 nitrogen and oxygen atoms in total. The average molecular weight is 428 g/mol. The lowest BCUT2D eigenvalue weighted by Gasteiger charge is -2.29. The van der Waals surface area contributed by atoms with Gasteiger partial charge in [-0.25, -0.2) is 0 Å². The van der Waals surface area contributed by atoms with Gasteiger partial charge in [0.05, 0.1) is 24.7 Å². The molecule has 1 aromatic carbocycles. The monoisotopic (exact) mass is 427 g/mol. The molecule has 170 valence electrons. The zero-order valence-electron chi connectivity index (χ0n) is 18.8. The average Bonchev–Trinajstić information content (AvgIpc) is 3.52. The Morgan fingerprint density at radius 3 is 2.58 bits per heavy atom. The van der Waals surface area contributed by atoms with Crippen molar-refractivity contribution in [2.24, 2.45) is 5.41 Å². The molecule has 1 amide bonds. The zero-order chi connectivity index (χ0) is 21.1. The van der Waals surface area contributed by atoms with Crippen LogP contribution < -0.4 is 4.74 Å². The Hall–Kier alpha value is -1.63. The van der Waals surface area contributed by atoms with Crippen molar-refractivity contribution >= 4 is 5.91 Å². The molecule has 5 rings (SSSR count). The number of ether oxygens (including phenoxy) is 2. The Labute approximate surface area is 186 Å². The van der Waals surface area contributed by atoms with Gasteiger partial charge in [-0.3, -0.25) is 14.6 Å². The first-order valence-corrected chi connectivity index (χ1v) is 12.3. The third-order valence-corrected chi connectivity index (χ3v) is 7.79. The molecular formula is C25H37N3O3. The molecule has 1 aromatic rings. The van der Waals surface area contributed by atoms with Crippen molar-refractivity contribution in [2.45, 2.75) is 51.2 Å². The molecule has 3 saturated heterocycles. The number of carbonyl (C=O) groups is 1. The van der Waals surface area contributed by atoms with Crippen LogP contribution in [0, 0.1) is 5.41 Å². The first-order valence-electron chi connectivity index (χ1n) is 12.3. The van der Waals surface area contributed by atoms with Crippen molar-refractivity contribution in [2.75, 3.05) is 59.0 Å². The fraction of sp³-hybridized carbons (Fsp3) is 0.720. The maximum atomic E-state index is 13.3. The topological polar surface area (TPSA) is 45.2 Å². The zero-order valence-corrected chi connectivity index (χ0v) is 18.8. The van der Waals surface area contributed by atoms with Crippen LogP contribution in [0.15, 0.2) is 24.3 Å². The minimum Gasteiger partial charge on any atom is -0.490 e. The number of carbonyl (C=O) groups excluding carboxylic acids is 1. The molecule has 4 fully saturated rings. The molecule has 0 radical (unpaired) electrons. The SMILES string of the molecule is O=C1N(CCN2CCOCC2)CCC12CCN(Cc1ccccc1OC1CCCC1)C2. The third-order valence-electron chi connectivity index (χ3n) is 7.79. The summed E-state index contributed by atoms with van der Waals surface area (Å²) in [6.07, 6.45) is 7.29. The predicted octanol–water partition coefficient (Wildman–Crippen LogP) is 2.76. The number of amides is 1. The van der Waals surface area contributed by atoms with Crippen molar-refractivity contribution < 1.29 is 14.3 Å². The first-order chi connectivity index (χ1) is 15.2. The molecule has 3 heterocycles. The van der Waals surface area contributed by atoms with Gasteiger partial charge in [0.15, 0.2) is 0 Å². The first kappa shape index (κ1) is 21.2. The predicted molar refractivity (Wildman–Crippen MR) is 120 cm³/mol. The van der Waals surface area contributed by atoms with Gasteiger partial charge in [0.25, 0.3) is 0 Å². The normalized spacial score (nSPS) is 28.3. The molecule has 3 aliphatic heterocycles. The molecule has 4 aliphatic rings. The quantitative estimate of drug-likeness (QED) is 0.670. The molecule has 0 aromatic heterocycles. The van der Waals surface area contributed by atoms with Gasteiger partial charge >= 0.3 is 0 Å². The maximum absolute atomic E-state index is 13.3. The summed E-state index contributed by atoms with van der Waals surface area (Å²) in [7, 11) is 0. The van der Waals surface area contributed by atoms with Crippen LogP contribution in [-0.4, -0.2) is 85.7 Å². The standard InChI is InChI=1S/C25H37N3O3/c29-24-25(10-12-28(24)14-13-26-15-17-30-18-16-26)9-11-27(20-25)19-21-5-1-4-8-23(21)31-22-6-2-3-7-22/h1,4-5,8,22H,2-3,6-7,9-20H2. The lowest BCUT2D eigenvalue weighted by Crippen LogP contribution is -2.43. The summed E-state index contributed by atoms with van der Waals surface area (Å²) in [6, 6.07) is 8.50. The number of hydrogen-bond donors (Lipinski definition) is 0. The van der Waals surface area contributed by atoms with E-state index in [0.29, 0.717) is 12.0 Å². The highest BCUT2D eigenvalue weighted by atomic mass is 16.5. The van der Waals surface area contributed by atoms with Crippen LogP contribution in [0.4, 0.5) is 0 Å². The Bertz CT molecular complexity index is 760. The summed E-state index contributed by atoms with van der Waals surface area (Å²) in [5, 5.41) is 0. The van der Waals surface area contributed by atoms with Crippen molar-refractivity contribution in [3.8, 4) is 5.75 Å². The van der Waals surface area contributed by atoms with E-state index in [1.165, 1.54) is 31.2 Å². The van der Waals surface area contributed by atoms with E-state index in [-0.39, 0.29) is 5.41 Å². The molecule has 1 unspecified atom stereocenters. The number of benzene rings is 1. The van der Waals surface area contributed by atoms with E-state index in [2.05, 4.69) is 39.0 Å². The summed E-state index contributed by atoms with van der Waals surface area (Å²) in [4.78, 5) is 20.3. The number of hydrogen-bond acceptors (Lipinski definition) is 5. The van der Waals surface area contributed by atoms with Crippen LogP contribution in [0.25, 0.3) is 0 Å². The fourth-order valence-corrected chi connectivity index (χ4v) is 5.84. The second-order valence-corrected chi connectivity index (χ2v) is 9.87. The van der Waals surface area contributed by atoms with E-state index in [1.807, 2.05) is 0 Å². The lowest BCUT2D eigenvalue weighted by atomic mass is 9.85. The highest BCUT2D eigenvalue weighted by molar-refractivity contribution is 5.85. The molecule has 0 bridgehead atoms. The van der Waals surface area contributed by atoms with Gasteiger partial charge in [0.1, 0.15) is 5.75 Å². The summed E-state index contributed by atoms with van der Waals surface area (Å²) in [5.41, 5.74) is 1.10. The third kappa shape index (κ3) is 4.76. The highest BCUT2D eigenvalue weighted by Gasteiger charge is 2.50. The van der Waals surface area contributed by atoms with Crippen molar-refractivity contribution in [3.63, 3.8) is 0 Å². The van der Waals surface area contributed by atoms with Crippen LogP contribution in [0.3, 0.4) is 0 Å². The van der Waals surface area contributed by atoms with E-state index in [1.54, 1.807) is 0 Å². The molecule has 31 heavy (non-hydrogen) atoms. The second-order valence-electron chi connectivity index (χ2n) is 9.87. The summed E-state index contributed by atoms with van der Waals surface area (Å²) >= 11 is 0. The van der Waals surface area contributed by atoms with Crippen LogP contribution in [-0.2, 0) is 16.1 Å². The van der Waals surface area contributed by atoms with Gasteiger partial charge in [-0.2, -0.15) is 0 Å². The van der Waals surface area contributed by atoms with E-state index in [0.717, 1.165) is 84.2 Å². The van der Waals surface area contributed by atoms with Crippen LogP contribution in [0.5, 0.6) is 5.75 Å². The molecule has 1 aliphatic carbocycles. The Balaban J connectivity index is 1.16. The minimum absolute atomic E-state index is 0.160. The number of rotatable bonds is 7. The number of morpholine rings is 1. The van der Waals surface area contributed by atoms with Gasteiger partial charge < -0.3 is 14.4 Å². The molecule has 1 saturated carbocycles. The smallest absolute Gasteiger partial charge is 0.230 e. The molecule has 1 atom stereocenters. The van der Waals surface area contributed by atoms with Crippen LogP contribution >= 0.6 is 0 Å². The lowest BCUT2D eigenvalue weighted by molar-refractivity contribution is -0.135. The van der Waals surface area contributed by atoms with Crippen LogP contribution in [0.2, 0.25) is 0 Å². The summed E-state index contributed by atoms with van der Waals surface area (Å²) in [6.45, 7) is 9.13. The van der Waals surface area contributed by atoms with Gasteiger partial charge in [-0.1, -0.05) is 18.2 Å². The van der Waals surface area contributed by atoms with E-state index in [4.69, 9.17) is 9.47 Å². The van der Waals surface area contributed by atoms with Gasteiger partial charge in [0.2, 0.25) is 5.91 Å². The number of likely N-dealkylation sites (tertiary alicyclic amines) is 2. The van der Waals surface area contributed by atoms with Crippen LogP contribution in [0.1, 0.15) is 44.1 Å². The van der Waals surface area contributed by atoms with E-state index < -0.39 is 0 Å². The van der Waals surface area contributed by atoms with Crippen molar-refractivity contribution in [1.29, 1.82) is 0 Å². The Kier molecular flexibility index (Phi) is 6.49. The van der Waals surface area contributed by atoms with Crippen molar-refractivity contribution in [1.82, 2.24) is 14.7 Å². The minimum atomic E-state index is -0.160. The molecule has 1 spiro atoms. The Morgan fingerprint density at radius 1 is 0.968 bits per heavy atom. The second kappa shape index (κ2) is 9.47. The van der Waals surface area contributed by atoms with Gasteiger partial charge in [-0.15, -0.1) is 0 Å². The van der Waals surface area contributed by atoms with Crippen molar-refractivity contribution in [3.05, 3.63) is 29.8 Å². The van der Waals surface area contributed by atoms with E-state index >= 15 is 0 Å². The number of para-hydroxylation sites is 1. The number of nitrogens with zero attached hydrogens (tertiary/aromatic N) is 3. The Morgan fingerprint density at radius 2 is 1.74 bits per heavy atom. The van der Waals surface area contributed by atoms with Gasteiger partial charge in [-0.05, 0) is 51.1 Å².